The molecule has 1 N–H and O–H groups in total. The Hall–Kier alpha value is -0.530. The van der Waals surface area contributed by atoms with E-state index in [1.807, 2.05) is 0 Å². The van der Waals surface area contributed by atoms with E-state index in [1.54, 1.807) is 0 Å². The summed E-state index contributed by atoms with van der Waals surface area (Å²) in [6, 6.07) is 0. The van der Waals surface area contributed by atoms with Gasteiger partial charge in [-0.25, -0.2) is 0 Å². The molecule has 0 radical (unpaired) electrons. The molecule has 2 nitrogen and oxygen atoms in total. The van der Waals surface area contributed by atoms with Gasteiger partial charge in [0.25, 0.3) is 0 Å². The minimum atomic E-state index is 0.241. The number of carbonyl (C=O) groups is 1. The Morgan fingerprint density at radius 3 is 2.67 bits per heavy atom. The normalized spacial score (nSPS) is 34.7. The van der Waals surface area contributed by atoms with E-state index in [2.05, 4.69) is 19.2 Å². The molecule has 1 fully saturated rings. The van der Waals surface area contributed by atoms with Crippen molar-refractivity contribution in [1.29, 1.82) is 0 Å². The van der Waals surface area contributed by atoms with Gasteiger partial charge >= 0.3 is 0 Å². The predicted octanol–water partition coefficient (Wildman–Crippen LogP) is 0.778. The maximum Gasteiger partial charge on any atom is 0.223 e. The molecule has 2 heteroatoms. The first kappa shape index (κ1) is 6.59. The fraction of sp³-hybridized carbons (Fsp3) is 0.857. The molecular weight excluding hydrogens is 114 g/mol. The van der Waals surface area contributed by atoms with Gasteiger partial charge in [-0.15, -0.1) is 0 Å². The number of nitrogens with one attached hydrogen (secondary N) is 1. The van der Waals surface area contributed by atoms with E-state index < -0.39 is 0 Å². The van der Waals surface area contributed by atoms with Gasteiger partial charge in [0.2, 0.25) is 5.91 Å². The summed E-state index contributed by atoms with van der Waals surface area (Å²) in [4.78, 5) is 10.9. The Morgan fingerprint density at radius 1 is 1.78 bits per heavy atom. The lowest BCUT2D eigenvalue weighted by atomic mass is 9.95. The van der Waals surface area contributed by atoms with Gasteiger partial charge in [0.15, 0.2) is 0 Å². The molecule has 0 saturated carbocycles. The second kappa shape index (κ2) is 2.38. The first-order valence-electron chi connectivity index (χ1n) is 3.53. The summed E-state index contributed by atoms with van der Waals surface area (Å²) in [5.41, 5.74) is 0. The van der Waals surface area contributed by atoms with E-state index in [-0.39, 0.29) is 11.8 Å². The first-order valence-corrected chi connectivity index (χ1v) is 3.53. The smallest absolute Gasteiger partial charge is 0.223 e. The molecule has 0 aromatic rings. The average molecular weight is 127 g/mol. The zero-order valence-corrected chi connectivity index (χ0v) is 5.98. The summed E-state index contributed by atoms with van der Waals surface area (Å²) in [6.07, 6.45) is 0.979. The third-order valence-corrected chi connectivity index (χ3v) is 2.06. The van der Waals surface area contributed by atoms with Crippen LogP contribution < -0.4 is 5.32 Å². The van der Waals surface area contributed by atoms with Gasteiger partial charge in [-0.1, -0.05) is 13.8 Å². The lowest BCUT2D eigenvalue weighted by Gasteiger charge is -2.06. The Morgan fingerprint density at radius 2 is 2.44 bits per heavy atom. The monoisotopic (exact) mass is 127 g/mol. The minimum absolute atomic E-state index is 0.241. The molecule has 0 bridgehead atoms. The summed E-state index contributed by atoms with van der Waals surface area (Å²) in [5.74, 6) is 1.07. The molecule has 1 saturated heterocycles. The molecule has 9 heavy (non-hydrogen) atoms. The highest BCUT2D eigenvalue weighted by atomic mass is 16.2. The zero-order chi connectivity index (χ0) is 6.85. The van der Waals surface area contributed by atoms with Crippen LogP contribution in [0.3, 0.4) is 0 Å². The van der Waals surface area contributed by atoms with Crippen LogP contribution in [-0.2, 0) is 4.79 Å². The summed E-state index contributed by atoms with van der Waals surface area (Å²) < 4.78 is 0. The van der Waals surface area contributed by atoms with E-state index in [1.165, 1.54) is 0 Å². The van der Waals surface area contributed by atoms with Crippen molar-refractivity contribution in [2.75, 3.05) is 6.54 Å². The lowest BCUT2D eigenvalue weighted by molar-refractivity contribution is -0.122. The van der Waals surface area contributed by atoms with Crippen molar-refractivity contribution in [3.05, 3.63) is 0 Å². The van der Waals surface area contributed by atoms with Crippen molar-refractivity contribution >= 4 is 5.91 Å². The van der Waals surface area contributed by atoms with Crippen LogP contribution >= 0.6 is 0 Å². The van der Waals surface area contributed by atoms with Gasteiger partial charge in [0.05, 0.1) is 0 Å². The maximum absolute atomic E-state index is 10.9. The van der Waals surface area contributed by atoms with Gasteiger partial charge in [-0.3, -0.25) is 4.79 Å². The number of hydrogen-bond donors (Lipinski definition) is 1. The van der Waals surface area contributed by atoms with Crippen molar-refractivity contribution in [3.63, 3.8) is 0 Å². The van der Waals surface area contributed by atoms with Crippen molar-refractivity contribution < 1.29 is 4.79 Å². The molecule has 1 rings (SSSR count). The molecule has 2 atom stereocenters. The van der Waals surface area contributed by atoms with Gasteiger partial charge in [-0.05, 0) is 12.3 Å². The summed E-state index contributed by atoms with van der Waals surface area (Å²) in [5, 5.41) is 2.83. The standard InChI is InChI=1S/C7H13NO/c1-3-6-5(2)4-8-7(6)9/h5-6H,3-4H2,1-2H3,(H,8,9)/t5-,6+/m0/s1. The molecule has 0 aromatic heterocycles. The molecule has 0 spiro atoms. The largest absolute Gasteiger partial charge is 0.356 e. The quantitative estimate of drug-likeness (QED) is 0.554. The van der Waals surface area contributed by atoms with Gasteiger partial charge in [-0.2, -0.15) is 0 Å². The zero-order valence-electron chi connectivity index (χ0n) is 5.98. The van der Waals surface area contributed by atoms with E-state index in [9.17, 15) is 4.79 Å². The second-order valence-corrected chi connectivity index (χ2v) is 2.74. The van der Waals surface area contributed by atoms with Gasteiger partial charge < -0.3 is 5.32 Å². The highest BCUT2D eigenvalue weighted by Crippen LogP contribution is 2.19. The third-order valence-electron chi connectivity index (χ3n) is 2.06. The van der Waals surface area contributed by atoms with Crippen molar-refractivity contribution in [1.82, 2.24) is 5.32 Å². The highest BCUT2D eigenvalue weighted by Gasteiger charge is 2.28. The molecule has 1 heterocycles. The summed E-state index contributed by atoms with van der Waals surface area (Å²) in [6.45, 7) is 5.05. The Bertz CT molecular complexity index is 122. The predicted molar refractivity (Wildman–Crippen MR) is 36.0 cm³/mol. The number of amides is 1. The van der Waals surface area contributed by atoms with Crippen LogP contribution in [0.25, 0.3) is 0 Å². The minimum Gasteiger partial charge on any atom is -0.356 e. The molecule has 1 amide bonds. The van der Waals surface area contributed by atoms with Gasteiger partial charge in [0.1, 0.15) is 0 Å². The molecule has 1 aliphatic rings. The Balaban J connectivity index is 2.55. The van der Waals surface area contributed by atoms with E-state index >= 15 is 0 Å². The first-order chi connectivity index (χ1) is 4.25. The van der Waals surface area contributed by atoms with E-state index in [0.717, 1.165) is 13.0 Å². The maximum atomic E-state index is 10.9. The fourth-order valence-corrected chi connectivity index (χ4v) is 1.38. The number of carbonyl (C=O) groups excluding carboxylic acids is 1. The summed E-state index contributed by atoms with van der Waals surface area (Å²) >= 11 is 0. The highest BCUT2D eigenvalue weighted by molar-refractivity contribution is 5.80. The number of hydrogen-bond acceptors (Lipinski definition) is 1. The SMILES string of the molecule is CC[C@H]1C(=O)NC[C@@H]1C. The van der Waals surface area contributed by atoms with Crippen LogP contribution in [0.1, 0.15) is 20.3 Å². The van der Waals surface area contributed by atoms with Gasteiger partial charge in [0, 0.05) is 12.5 Å². The molecule has 1 aliphatic heterocycles. The van der Waals surface area contributed by atoms with Crippen LogP contribution in [-0.4, -0.2) is 12.5 Å². The molecule has 0 unspecified atom stereocenters. The van der Waals surface area contributed by atoms with Crippen LogP contribution in [0.5, 0.6) is 0 Å². The van der Waals surface area contributed by atoms with Crippen LogP contribution in [0.2, 0.25) is 0 Å². The topological polar surface area (TPSA) is 29.1 Å². The van der Waals surface area contributed by atoms with E-state index in [4.69, 9.17) is 0 Å². The molecule has 52 valence electrons. The third kappa shape index (κ3) is 1.07. The fourth-order valence-electron chi connectivity index (χ4n) is 1.38. The van der Waals surface area contributed by atoms with Crippen molar-refractivity contribution in [2.24, 2.45) is 11.8 Å². The van der Waals surface area contributed by atoms with Crippen LogP contribution in [0.4, 0.5) is 0 Å². The van der Waals surface area contributed by atoms with Crippen LogP contribution in [0, 0.1) is 11.8 Å². The van der Waals surface area contributed by atoms with Crippen molar-refractivity contribution in [2.45, 2.75) is 20.3 Å². The average Bonchev–Trinajstić information content (AvgIpc) is 2.12. The summed E-state index contributed by atoms with van der Waals surface area (Å²) in [7, 11) is 0. The van der Waals surface area contributed by atoms with E-state index in [0.29, 0.717) is 5.92 Å². The second-order valence-electron chi connectivity index (χ2n) is 2.74. The Labute approximate surface area is 55.6 Å². The Kier molecular flexibility index (Phi) is 1.74. The molecule has 0 aliphatic carbocycles. The molecule has 0 aromatic carbocycles. The van der Waals surface area contributed by atoms with Crippen molar-refractivity contribution in [3.8, 4) is 0 Å². The lowest BCUT2D eigenvalue weighted by Crippen LogP contribution is -2.18. The van der Waals surface area contributed by atoms with Crippen LogP contribution in [0.15, 0.2) is 0 Å². The molecular formula is C7H13NO. The number of rotatable bonds is 1.